The van der Waals surface area contributed by atoms with Gasteiger partial charge in [-0.3, -0.25) is 9.59 Å². The maximum atomic E-state index is 13.6. The van der Waals surface area contributed by atoms with Gasteiger partial charge in [0, 0.05) is 25.7 Å². The molecule has 0 radical (unpaired) electrons. The van der Waals surface area contributed by atoms with Crippen LogP contribution < -0.4 is 10.2 Å². The van der Waals surface area contributed by atoms with E-state index in [1.807, 2.05) is 32.0 Å². The van der Waals surface area contributed by atoms with Crippen LogP contribution in [0.5, 0.6) is 0 Å². The number of amides is 2. The van der Waals surface area contributed by atoms with Crippen LogP contribution in [0.2, 0.25) is 0 Å². The van der Waals surface area contributed by atoms with Crippen LogP contribution >= 0.6 is 0 Å². The number of rotatable bonds is 5. The van der Waals surface area contributed by atoms with E-state index in [-0.39, 0.29) is 18.0 Å². The average molecular weight is 328 g/mol. The molecule has 2 aromatic rings. The Morgan fingerprint density at radius 1 is 1.12 bits per heavy atom. The fourth-order valence-corrected chi connectivity index (χ4v) is 2.58. The first-order valence-electron chi connectivity index (χ1n) is 7.78. The molecule has 0 aliphatic rings. The highest BCUT2D eigenvalue weighted by Crippen LogP contribution is 2.21. The van der Waals surface area contributed by atoms with Gasteiger partial charge in [-0.2, -0.15) is 0 Å². The number of hydrogen-bond donors (Lipinski definition) is 1. The Labute approximate surface area is 141 Å². The third-order valence-electron chi connectivity index (χ3n) is 3.76. The fraction of sp³-hybridized carbons (Fsp3) is 0.263. The molecule has 24 heavy (non-hydrogen) atoms. The molecule has 0 saturated carbocycles. The number of nitrogens with one attached hydrogen (secondary N) is 1. The van der Waals surface area contributed by atoms with Gasteiger partial charge in [0.2, 0.25) is 5.91 Å². The van der Waals surface area contributed by atoms with Gasteiger partial charge in [-0.25, -0.2) is 4.39 Å². The van der Waals surface area contributed by atoms with E-state index in [1.54, 1.807) is 11.0 Å². The second-order valence-corrected chi connectivity index (χ2v) is 5.70. The summed E-state index contributed by atoms with van der Waals surface area (Å²) >= 11 is 0. The molecule has 0 bridgehead atoms. The summed E-state index contributed by atoms with van der Waals surface area (Å²) in [5.74, 6) is -1.16. The van der Waals surface area contributed by atoms with Crippen LogP contribution in [-0.4, -0.2) is 24.9 Å². The fourth-order valence-electron chi connectivity index (χ4n) is 2.58. The van der Waals surface area contributed by atoms with Crippen LogP contribution in [0.3, 0.4) is 0 Å². The van der Waals surface area contributed by atoms with Gasteiger partial charge in [-0.1, -0.05) is 29.8 Å². The summed E-state index contributed by atoms with van der Waals surface area (Å²) in [4.78, 5) is 25.6. The lowest BCUT2D eigenvalue weighted by Crippen LogP contribution is -2.38. The van der Waals surface area contributed by atoms with Crippen molar-refractivity contribution in [2.24, 2.45) is 0 Å². The zero-order valence-electron chi connectivity index (χ0n) is 14.1. The zero-order chi connectivity index (χ0) is 17.7. The Hall–Kier alpha value is -2.69. The van der Waals surface area contributed by atoms with Gasteiger partial charge >= 0.3 is 0 Å². The van der Waals surface area contributed by atoms with E-state index in [0.717, 1.165) is 16.8 Å². The summed E-state index contributed by atoms with van der Waals surface area (Å²) in [6, 6.07) is 11.6. The summed E-state index contributed by atoms with van der Waals surface area (Å²) in [7, 11) is 0. The number of halogens is 1. The van der Waals surface area contributed by atoms with Crippen LogP contribution in [0.4, 0.5) is 10.1 Å². The van der Waals surface area contributed by atoms with E-state index in [9.17, 15) is 14.0 Å². The minimum Gasteiger partial charge on any atom is -0.350 e. The summed E-state index contributed by atoms with van der Waals surface area (Å²) < 4.78 is 13.6. The monoisotopic (exact) mass is 328 g/mol. The maximum absolute atomic E-state index is 13.6. The maximum Gasteiger partial charge on any atom is 0.254 e. The first kappa shape index (κ1) is 17.7. The van der Waals surface area contributed by atoms with Gasteiger partial charge in [0.05, 0.1) is 5.56 Å². The van der Waals surface area contributed by atoms with E-state index in [4.69, 9.17) is 0 Å². The van der Waals surface area contributed by atoms with E-state index in [2.05, 4.69) is 5.32 Å². The van der Waals surface area contributed by atoms with Crippen molar-refractivity contribution in [3.63, 3.8) is 0 Å². The molecule has 2 amide bonds. The lowest BCUT2D eigenvalue weighted by Gasteiger charge is -2.23. The van der Waals surface area contributed by atoms with E-state index in [0.29, 0.717) is 6.54 Å². The molecular formula is C19H21FN2O2. The van der Waals surface area contributed by atoms with E-state index in [1.165, 1.54) is 25.1 Å². The molecule has 0 fully saturated rings. The molecule has 0 spiro atoms. The van der Waals surface area contributed by atoms with Crippen molar-refractivity contribution in [1.82, 2.24) is 5.32 Å². The Morgan fingerprint density at radius 2 is 1.83 bits per heavy atom. The summed E-state index contributed by atoms with van der Waals surface area (Å²) in [5.41, 5.74) is 2.92. The van der Waals surface area contributed by atoms with Gasteiger partial charge in [0.15, 0.2) is 0 Å². The van der Waals surface area contributed by atoms with Crippen molar-refractivity contribution in [2.75, 3.05) is 18.0 Å². The number of hydrogen-bond acceptors (Lipinski definition) is 2. The Kier molecular flexibility index (Phi) is 5.68. The molecule has 0 unspecified atom stereocenters. The number of carbonyl (C=O) groups excluding carboxylic acids is 2. The third kappa shape index (κ3) is 4.19. The SMILES string of the molecule is CC(=O)N(CCNC(=O)c1ccccc1F)c1ccc(C)cc1C. The van der Waals surface area contributed by atoms with Gasteiger partial charge in [-0.15, -0.1) is 0 Å². The second-order valence-electron chi connectivity index (χ2n) is 5.70. The molecule has 0 heterocycles. The largest absolute Gasteiger partial charge is 0.350 e. The van der Waals surface area contributed by atoms with Crippen molar-refractivity contribution in [1.29, 1.82) is 0 Å². The highest BCUT2D eigenvalue weighted by Gasteiger charge is 2.15. The highest BCUT2D eigenvalue weighted by atomic mass is 19.1. The molecule has 0 saturated heterocycles. The zero-order valence-corrected chi connectivity index (χ0v) is 14.1. The van der Waals surface area contributed by atoms with Crippen molar-refractivity contribution < 1.29 is 14.0 Å². The molecule has 0 aliphatic heterocycles. The minimum absolute atomic E-state index is 0.00149. The summed E-state index contributed by atoms with van der Waals surface area (Å²) in [5, 5.41) is 2.65. The van der Waals surface area contributed by atoms with Crippen molar-refractivity contribution >= 4 is 17.5 Å². The van der Waals surface area contributed by atoms with Crippen LogP contribution in [0, 0.1) is 19.7 Å². The quantitative estimate of drug-likeness (QED) is 0.916. The van der Waals surface area contributed by atoms with Gasteiger partial charge in [-0.05, 0) is 37.6 Å². The van der Waals surface area contributed by atoms with Crippen molar-refractivity contribution in [2.45, 2.75) is 20.8 Å². The number of anilines is 1. The third-order valence-corrected chi connectivity index (χ3v) is 3.76. The number of aryl methyl sites for hydroxylation is 2. The highest BCUT2D eigenvalue weighted by molar-refractivity contribution is 5.95. The molecule has 2 rings (SSSR count). The van der Waals surface area contributed by atoms with Crippen molar-refractivity contribution in [3.05, 3.63) is 65.0 Å². The molecule has 1 N–H and O–H groups in total. The molecular weight excluding hydrogens is 307 g/mol. The van der Waals surface area contributed by atoms with E-state index >= 15 is 0 Å². The molecule has 5 heteroatoms. The topological polar surface area (TPSA) is 49.4 Å². The summed E-state index contributed by atoms with van der Waals surface area (Å²) in [6.07, 6.45) is 0. The van der Waals surface area contributed by atoms with E-state index < -0.39 is 11.7 Å². The lowest BCUT2D eigenvalue weighted by atomic mass is 10.1. The molecule has 4 nitrogen and oxygen atoms in total. The number of nitrogens with zero attached hydrogens (tertiary/aromatic N) is 1. The normalized spacial score (nSPS) is 10.3. The Balaban J connectivity index is 2.04. The van der Waals surface area contributed by atoms with Gasteiger partial charge in [0.25, 0.3) is 5.91 Å². The standard InChI is InChI=1S/C19H21FN2O2/c1-13-8-9-18(14(2)12-13)22(15(3)23)11-10-21-19(24)16-6-4-5-7-17(16)20/h4-9,12H,10-11H2,1-3H3,(H,21,24). The Bertz CT molecular complexity index is 759. The van der Waals surface area contributed by atoms with Crippen LogP contribution in [0.15, 0.2) is 42.5 Å². The first-order valence-corrected chi connectivity index (χ1v) is 7.78. The van der Waals surface area contributed by atoms with Crippen LogP contribution in [0.1, 0.15) is 28.4 Å². The van der Waals surface area contributed by atoms with Crippen molar-refractivity contribution in [3.8, 4) is 0 Å². The summed E-state index contributed by atoms with van der Waals surface area (Å²) in [6.45, 7) is 5.97. The smallest absolute Gasteiger partial charge is 0.254 e. The predicted octanol–water partition coefficient (Wildman–Crippen LogP) is 3.23. The predicted molar refractivity (Wildman–Crippen MR) is 92.7 cm³/mol. The minimum atomic E-state index is -0.562. The number of carbonyl (C=O) groups is 2. The molecule has 0 aliphatic carbocycles. The molecule has 0 atom stereocenters. The first-order chi connectivity index (χ1) is 11.4. The van der Waals surface area contributed by atoms with Crippen LogP contribution in [-0.2, 0) is 4.79 Å². The molecule has 2 aromatic carbocycles. The van der Waals surface area contributed by atoms with Crippen LogP contribution in [0.25, 0.3) is 0 Å². The second kappa shape index (κ2) is 7.73. The molecule has 0 aromatic heterocycles. The average Bonchev–Trinajstić information content (AvgIpc) is 2.52. The Morgan fingerprint density at radius 3 is 2.46 bits per heavy atom. The van der Waals surface area contributed by atoms with Gasteiger partial charge in [0.1, 0.15) is 5.82 Å². The van der Waals surface area contributed by atoms with Gasteiger partial charge < -0.3 is 10.2 Å². The lowest BCUT2D eigenvalue weighted by molar-refractivity contribution is -0.116. The number of benzene rings is 2. The molecule has 126 valence electrons.